The molecule has 2 rings (SSSR count). The highest BCUT2D eigenvalue weighted by molar-refractivity contribution is 5.88. The fourth-order valence-electron chi connectivity index (χ4n) is 2.45. The van der Waals surface area contributed by atoms with Crippen molar-refractivity contribution in [1.82, 2.24) is 15.1 Å². The largest absolute Gasteiger partial charge is 0.349 e. The van der Waals surface area contributed by atoms with Crippen molar-refractivity contribution in [2.24, 2.45) is 18.7 Å². The minimum Gasteiger partial charge on any atom is -0.349 e. The number of aromatic nitrogens is 2. The second-order valence-corrected chi connectivity index (χ2v) is 6.42. The Kier molecular flexibility index (Phi) is 6.51. The first-order valence-corrected chi connectivity index (χ1v) is 7.74. The number of carbonyl (C=O) groups excluding carboxylic acids is 1. The molecule has 7 heteroatoms. The number of halogens is 1. The van der Waals surface area contributed by atoms with Gasteiger partial charge in [-0.05, 0) is 18.9 Å². The summed E-state index contributed by atoms with van der Waals surface area (Å²) in [5.74, 6) is 0.0595. The molecular weight excluding hydrogens is 328 g/mol. The minimum absolute atomic E-state index is 0. The molecule has 0 aliphatic rings. The SMILES string of the molecule is CC(C)C(C)(CN)NC(=O)Cc1nn(C)c(=O)c2ccccc12.Cl. The van der Waals surface area contributed by atoms with Gasteiger partial charge in [0, 0.05) is 19.0 Å². The van der Waals surface area contributed by atoms with Crippen LogP contribution in [0, 0.1) is 5.92 Å². The zero-order valence-corrected chi connectivity index (χ0v) is 15.3. The Hall–Kier alpha value is -1.92. The number of rotatable bonds is 5. The van der Waals surface area contributed by atoms with E-state index in [0.717, 1.165) is 0 Å². The molecule has 2 aromatic rings. The number of fused-ring (bicyclic) bond motifs is 1. The van der Waals surface area contributed by atoms with Crippen LogP contribution in [0.4, 0.5) is 0 Å². The van der Waals surface area contributed by atoms with Gasteiger partial charge in [0.25, 0.3) is 5.56 Å². The van der Waals surface area contributed by atoms with Gasteiger partial charge in [0.1, 0.15) is 0 Å². The molecule has 0 fully saturated rings. The summed E-state index contributed by atoms with van der Waals surface area (Å²) < 4.78 is 1.27. The van der Waals surface area contributed by atoms with E-state index in [1.54, 1.807) is 19.2 Å². The number of nitrogens with two attached hydrogens (primary N) is 1. The van der Waals surface area contributed by atoms with E-state index in [1.165, 1.54) is 4.68 Å². The molecule has 0 saturated carbocycles. The van der Waals surface area contributed by atoms with Crippen LogP contribution in [0.1, 0.15) is 26.5 Å². The number of benzene rings is 1. The van der Waals surface area contributed by atoms with Crippen LogP contribution < -0.4 is 16.6 Å². The van der Waals surface area contributed by atoms with Gasteiger partial charge in [0.15, 0.2) is 0 Å². The van der Waals surface area contributed by atoms with Crippen molar-refractivity contribution in [3.8, 4) is 0 Å². The summed E-state index contributed by atoms with van der Waals surface area (Å²) in [6.45, 7) is 6.33. The van der Waals surface area contributed by atoms with Crippen molar-refractivity contribution in [1.29, 1.82) is 0 Å². The highest BCUT2D eigenvalue weighted by Gasteiger charge is 2.28. The van der Waals surface area contributed by atoms with Gasteiger partial charge in [0.2, 0.25) is 5.91 Å². The molecule has 0 radical (unpaired) electrons. The third-order valence-electron chi connectivity index (χ3n) is 4.48. The zero-order chi connectivity index (χ0) is 17.2. The molecule has 132 valence electrons. The van der Waals surface area contributed by atoms with E-state index in [9.17, 15) is 9.59 Å². The summed E-state index contributed by atoms with van der Waals surface area (Å²) in [4.78, 5) is 24.6. The van der Waals surface area contributed by atoms with Crippen molar-refractivity contribution in [2.75, 3.05) is 6.54 Å². The number of nitrogens with zero attached hydrogens (tertiary/aromatic N) is 2. The summed E-state index contributed by atoms with van der Waals surface area (Å²) in [6.07, 6.45) is 0.108. The average molecular weight is 353 g/mol. The van der Waals surface area contributed by atoms with Gasteiger partial charge in [0.05, 0.1) is 23.0 Å². The van der Waals surface area contributed by atoms with Gasteiger partial charge in [-0.1, -0.05) is 32.0 Å². The van der Waals surface area contributed by atoms with E-state index in [0.29, 0.717) is 23.0 Å². The Bertz CT molecular complexity index is 788. The van der Waals surface area contributed by atoms with Crippen LogP contribution in [-0.4, -0.2) is 27.8 Å². The molecule has 0 bridgehead atoms. The molecule has 0 aliphatic carbocycles. The monoisotopic (exact) mass is 352 g/mol. The number of hydrogen-bond donors (Lipinski definition) is 2. The number of carbonyl (C=O) groups is 1. The molecule has 1 heterocycles. The molecule has 1 atom stereocenters. The molecule has 6 nitrogen and oxygen atoms in total. The third kappa shape index (κ3) is 3.94. The molecule has 24 heavy (non-hydrogen) atoms. The van der Waals surface area contributed by atoms with E-state index in [-0.39, 0.29) is 36.2 Å². The van der Waals surface area contributed by atoms with E-state index in [4.69, 9.17) is 5.73 Å². The van der Waals surface area contributed by atoms with Crippen molar-refractivity contribution in [3.63, 3.8) is 0 Å². The Morgan fingerprint density at radius 3 is 2.46 bits per heavy atom. The summed E-state index contributed by atoms with van der Waals surface area (Å²) >= 11 is 0. The van der Waals surface area contributed by atoms with Crippen LogP contribution in [0.3, 0.4) is 0 Å². The Morgan fingerprint density at radius 2 is 1.92 bits per heavy atom. The van der Waals surface area contributed by atoms with E-state index >= 15 is 0 Å². The van der Waals surface area contributed by atoms with Gasteiger partial charge in [-0.25, -0.2) is 4.68 Å². The van der Waals surface area contributed by atoms with E-state index < -0.39 is 5.54 Å². The topological polar surface area (TPSA) is 90.0 Å². The summed E-state index contributed by atoms with van der Waals surface area (Å²) in [7, 11) is 1.59. The second kappa shape index (κ2) is 7.77. The van der Waals surface area contributed by atoms with Crippen molar-refractivity contribution >= 4 is 29.1 Å². The number of hydrogen-bond acceptors (Lipinski definition) is 4. The maximum Gasteiger partial charge on any atom is 0.274 e. The lowest BCUT2D eigenvalue weighted by atomic mass is 9.88. The van der Waals surface area contributed by atoms with Crippen molar-refractivity contribution in [3.05, 3.63) is 40.3 Å². The molecule has 1 unspecified atom stereocenters. The zero-order valence-electron chi connectivity index (χ0n) is 14.5. The lowest BCUT2D eigenvalue weighted by molar-refractivity contribution is -0.122. The summed E-state index contributed by atoms with van der Waals surface area (Å²) in [6, 6.07) is 7.20. The number of aryl methyl sites for hydroxylation is 1. The predicted molar refractivity (Wildman–Crippen MR) is 98.4 cm³/mol. The van der Waals surface area contributed by atoms with Crippen LogP contribution >= 0.6 is 12.4 Å². The van der Waals surface area contributed by atoms with Gasteiger partial charge in [-0.2, -0.15) is 5.10 Å². The molecular formula is C17H25ClN4O2. The molecule has 1 aromatic carbocycles. The maximum absolute atomic E-state index is 12.4. The summed E-state index contributed by atoms with van der Waals surface area (Å²) in [5, 5.41) is 8.53. The molecule has 0 aliphatic heterocycles. The average Bonchev–Trinajstić information content (AvgIpc) is 2.52. The standard InChI is InChI=1S/C17H24N4O2.ClH/c1-11(2)17(3,10-18)19-15(22)9-14-12-7-5-6-8-13(12)16(23)21(4)20-14;/h5-8,11H,9-10,18H2,1-4H3,(H,19,22);1H. The van der Waals surface area contributed by atoms with Gasteiger partial charge >= 0.3 is 0 Å². The van der Waals surface area contributed by atoms with E-state index in [1.807, 2.05) is 32.9 Å². The van der Waals surface area contributed by atoms with Crippen LogP contribution in [0.15, 0.2) is 29.1 Å². The summed E-state index contributed by atoms with van der Waals surface area (Å²) in [5.41, 5.74) is 5.76. The fraction of sp³-hybridized carbons (Fsp3) is 0.471. The number of nitrogens with one attached hydrogen (secondary N) is 1. The quantitative estimate of drug-likeness (QED) is 0.850. The maximum atomic E-state index is 12.4. The smallest absolute Gasteiger partial charge is 0.274 e. The lowest BCUT2D eigenvalue weighted by Gasteiger charge is -2.33. The van der Waals surface area contributed by atoms with E-state index in [2.05, 4.69) is 10.4 Å². The lowest BCUT2D eigenvalue weighted by Crippen LogP contribution is -2.55. The normalized spacial score (nSPS) is 13.4. The van der Waals surface area contributed by atoms with Crippen LogP contribution in [-0.2, 0) is 18.3 Å². The number of amides is 1. The third-order valence-corrected chi connectivity index (χ3v) is 4.48. The van der Waals surface area contributed by atoms with Crippen LogP contribution in [0.2, 0.25) is 0 Å². The predicted octanol–water partition coefficient (Wildman–Crippen LogP) is 1.39. The van der Waals surface area contributed by atoms with Crippen LogP contribution in [0.5, 0.6) is 0 Å². The minimum atomic E-state index is -0.465. The van der Waals surface area contributed by atoms with Crippen molar-refractivity contribution < 1.29 is 4.79 Å². The van der Waals surface area contributed by atoms with Gasteiger partial charge < -0.3 is 11.1 Å². The highest BCUT2D eigenvalue weighted by atomic mass is 35.5. The second-order valence-electron chi connectivity index (χ2n) is 6.42. The first-order chi connectivity index (χ1) is 10.8. The molecule has 1 aromatic heterocycles. The van der Waals surface area contributed by atoms with Gasteiger partial charge in [-0.15, -0.1) is 12.4 Å². The Morgan fingerprint density at radius 1 is 1.33 bits per heavy atom. The Labute approximate surface area is 147 Å². The highest BCUT2D eigenvalue weighted by Crippen LogP contribution is 2.17. The molecule has 0 spiro atoms. The molecule has 3 N–H and O–H groups in total. The first kappa shape index (κ1) is 20.1. The van der Waals surface area contributed by atoms with Crippen LogP contribution in [0.25, 0.3) is 10.8 Å². The first-order valence-electron chi connectivity index (χ1n) is 7.74. The molecule has 0 saturated heterocycles. The van der Waals surface area contributed by atoms with Gasteiger partial charge in [-0.3, -0.25) is 9.59 Å². The van der Waals surface area contributed by atoms with Crippen molar-refractivity contribution in [2.45, 2.75) is 32.7 Å². The Balaban J connectivity index is 0.00000288. The fourth-order valence-corrected chi connectivity index (χ4v) is 2.45. The molecule has 1 amide bonds.